The van der Waals surface area contributed by atoms with E-state index in [1.54, 1.807) is 11.3 Å². The number of thiophene rings is 1. The molecule has 0 saturated carbocycles. The predicted molar refractivity (Wildman–Crippen MR) is 99.0 cm³/mol. The van der Waals surface area contributed by atoms with E-state index in [9.17, 15) is 4.79 Å². The molecule has 0 radical (unpaired) electrons. The number of hydrogen-bond donors (Lipinski definition) is 0. The highest BCUT2D eigenvalue weighted by atomic mass is 32.1. The second-order valence-corrected chi connectivity index (χ2v) is 7.66. The van der Waals surface area contributed by atoms with Crippen molar-refractivity contribution in [3.05, 3.63) is 57.6 Å². The molecule has 134 valence electrons. The molecule has 0 spiro atoms. The molecule has 5 nitrogen and oxygen atoms in total. The number of carbonyl (C=O) groups excluding carboxylic acids is 1. The number of nitrogens with zero attached hydrogens (tertiary/aromatic N) is 2. The van der Waals surface area contributed by atoms with E-state index in [1.165, 1.54) is 23.3 Å². The molecule has 1 aliphatic rings. The zero-order valence-electron chi connectivity index (χ0n) is 14.6. The normalized spacial score (nSPS) is 16.3. The molecule has 0 bridgehead atoms. The molecule has 26 heavy (non-hydrogen) atoms. The van der Waals surface area contributed by atoms with Crippen LogP contribution in [-0.4, -0.2) is 16.2 Å². The van der Waals surface area contributed by atoms with Gasteiger partial charge in [0.2, 0.25) is 5.89 Å². The van der Waals surface area contributed by atoms with E-state index in [0.29, 0.717) is 16.7 Å². The molecular formula is C20H20N2O3S. The van der Waals surface area contributed by atoms with Crippen molar-refractivity contribution >= 4 is 17.3 Å². The summed E-state index contributed by atoms with van der Waals surface area (Å²) in [6.07, 6.45) is 4.54. The minimum atomic E-state index is -0.322. The van der Waals surface area contributed by atoms with E-state index in [-0.39, 0.29) is 12.6 Å². The molecular weight excluding hydrogens is 348 g/mol. The Balaban J connectivity index is 1.39. The Morgan fingerprint density at radius 2 is 2.15 bits per heavy atom. The first-order valence-corrected chi connectivity index (χ1v) is 9.71. The zero-order valence-corrected chi connectivity index (χ0v) is 15.4. The number of ether oxygens (including phenoxy) is 1. The van der Waals surface area contributed by atoms with Crippen LogP contribution in [0.1, 0.15) is 45.8 Å². The van der Waals surface area contributed by atoms with Crippen molar-refractivity contribution in [2.45, 2.75) is 39.2 Å². The van der Waals surface area contributed by atoms with E-state index in [0.717, 1.165) is 24.3 Å². The summed E-state index contributed by atoms with van der Waals surface area (Å²) in [6.45, 7) is 2.21. The van der Waals surface area contributed by atoms with E-state index in [1.807, 2.05) is 36.4 Å². The van der Waals surface area contributed by atoms with Crippen LogP contribution in [0.2, 0.25) is 0 Å². The van der Waals surface area contributed by atoms with Crippen LogP contribution in [0.3, 0.4) is 0 Å². The molecule has 0 fully saturated rings. The first kappa shape index (κ1) is 17.0. The highest BCUT2D eigenvalue weighted by molar-refractivity contribution is 7.14. The van der Waals surface area contributed by atoms with Gasteiger partial charge in [0.05, 0.1) is 0 Å². The number of rotatable bonds is 5. The molecule has 6 heteroatoms. The monoisotopic (exact) mass is 368 g/mol. The first-order valence-electron chi connectivity index (χ1n) is 8.89. The number of aromatic nitrogens is 2. The minimum absolute atomic E-state index is 0.0151. The summed E-state index contributed by atoms with van der Waals surface area (Å²) in [5, 5.41) is 7.96. The van der Waals surface area contributed by atoms with Gasteiger partial charge in [-0.25, -0.2) is 4.79 Å². The lowest BCUT2D eigenvalue weighted by molar-refractivity contribution is 0.0444. The number of esters is 1. The lowest BCUT2D eigenvalue weighted by Gasteiger charge is -2.19. The van der Waals surface area contributed by atoms with Crippen molar-refractivity contribution in [1.29, 1.82) is 0 Å². The largest absolute Gasteiger partial charge is 0.451 e. The number of benzene rings is 1. The lowest BCUT2D eigenvalue weighted by Crippen LogP contribution is -2.10. The Hall–Kier alpha value is -2.47. The molecule has 0 saturated heterocycles. The van der Waals surface area contributed by atoms with Crippen molar-refractivity contribution in [3.63, 3.8) is 0 Å². The number of hydrogen-bond acceptors (Lipinski definition) is 6. The van der Waals surface area contributed by atoms with Crippen LogP contribution < -0.4 is 0 Å². The predicted octanol–water partition coefficient (Wildman–Crippen LogP) is 4.67. The van der Waals surface area contributed by atoms with Gasteiger partial charge in [0.1, 0.15) is 4.88 Å². The third-order valence-corrected chi connectivity index (χ3v) is 5.99. The van der Waals surface area contributed by atoms with E-state index < -0.39 is 0 Å². The molecule has 4 rings (SSSR count). The highest BCUT2D eigenvalue weighted by Gasteiger charge is 2.23. The quantitative estimate of drug-likeness (QED) is 0.612. The van der Waals surface area contributed by atoms with Gasteiger partial charge < -0.3 is 9.15 Å². The van der Waals surface area contributed by atoms with Gasteiger partial charge in [0, 0.05) is 10.4 Å². The third kappa shape index (κ3) is 3.55. The molecule has 0 N–H and O–H groups in total. The summed E-state index contributed by atoms with van der Waals surface area (Å²) in [6, 6.07) is 11.5. The van der Waals surface area contributed by atoms with Crippen LogP contribution >= 0.6 is 11.3 Å². The summed E-state index contributed by atoms with van der Waals surface area (Å²) >= 11 is 1.55. The molecule has 0 aliphatic heterocycles. The van der Waals surface area contributed by atoms with Gasteiger partial charge in [-0.15, -0.1) is 21.5 Å². The van der Waals surface area contributed by atoms with Crippen molar-refractivity contribution < 1.29 is 13.9 Å². The van der Waals surface area contributed by atoms with Gasteiger partial charge in [0.15, 0.2) is 6.61 Å². The Labute approximate surface area is 156 Å². The lowest BCUT2D eigenvalue weighted by atomic mass is 9.87. The average molecular weight is 368 g/mol. The SMILES string of the molecule is CC[C@@H]1CCc2sc(C(=O)OCc3nnc(-c4ccccc4)o3)cc2C1. The van der Waals surface area contributed by atoms with Crippen molar-refractivity contribution in [2.75, 3.05) is 0 Å². The van der Waals surface area contributed by atoms with Crippen LogP contribution in [0.5, 0.6) is 0 Å². The number of fused-ring (bicyclic) bond motifs is 1. The minimum Gasteiger partial charge on any atom is -0.451 e. The maximum atomic E-state index is 12.4. The van der Waals surface area contributed by atoms with E-state index in [2.05, 4.69) is 17.1 Å². The molecule has 3 aromatic rings. The van der Waals surface area contributed by atoms with E-state index >= 15 is 0 Å². The zero-order chi connectivity index (χ0) is 17.9. The Morgan fingerprint density at radius 1 is 1.31 bits per heavy atom. The Bertz CT molecular complexity index is 901. The maximum absolute atomic E-state index is 12.4. The van der Waals surface area contributed by atoms with Gasteiger partial charge in [-0.05, 0) is 48.9 Å². The van der Waals surface area contributed by atoms with Crippen LogP contribution in [-0.2, 0) is 24.2 Å². The summed E-state index contributed by atoms with van der Waals surface area (Å²) in [5.41, 5.74) is 2.15. The molecule has 2 heterocycles. The van der Waals surface area contributed by atoms with Crippen LogP contribution in [0, 0.1) is 5.92 Å². The fraction of sp³-hybridized carbons (Fsp3) is 0.350. The maximum Gasteiger partial charge on any atom is 0.348 e. The fourth-order valence-electron chi connectivity index (χ4n) is 3.26. The average Bonchev–Trinajstić information content (AvgIpc) is 3.33. The summed E-state index contributed by atoms with van der Waals surface area (Å²) < 4.78 is 10.9. The van der Waals surface area contributed by atoms with Crippen molar-refractivity contribution in [1.82, 2.24) is 10.2 Å². The molecule has 2 aromatic heterocycles. The summed E-state index contributed by atoms with van der Waals surface area (Å²) in [7, 11) is 0. The smallest absolute Gasteiger partial charge is 0.348 e. The molecule has 1 aromatic carbocycles. The standard InChI is InChI=1S/C20H20N2O3S/c1-2-13-8-9-16-15(10-13)11-17(26-16)20(23)24-12-18-21-22-19(25-18)14-6-4-3-5-7-14/h3-7,11,13H,2,8-10,12H2,1H3/t13-/m1/s1. The molecule has 1 atom stereocenters. The van der Waals surface area contributed by atoms with Gasteiger partial charge in [-0.1, -0.05) is 31.5 Å². The van der Waals surface area contributed by atoms with Crippen molar-refractivity contribution in [3.8, 4) is 11.5 Å². The van der Waals surface area contributed by atoms with E-state index in [4.69, 9.17) is 9.15 Å². The molecule has 1 aliphatic carbocycles. The van der Waals surface area contributed by atoms with Crippen LogP contribution in [0.25, 0.3) is 11.5 Å². The Morgan fingerprint density at radius 3 is 2.96 bits per heavy atom. The highest BCUT2D eigenvalue weighted by Crippen LogP contribution is 2.33. The fourth-order valence-corrected chi connectivity index (χ4v) is 4.36. The summed E-state index contributed by atoms with van der Waals surface area (Å²) in [5.74, 6) is 1.13. The van der Waals surface area contributed by atoms with Gasteiger partial charge >= 0.3 is 5.97 Å². The van der Waals surface area contributed by atoms with Crippen LogP contribution in [0.4, 0.5) is 0 Å². The van der Waals surface area contributed by atoms with Crippen molar-refractivity contribution in [2.24, 2.45) is 5.92 Å². The molecule has 0 amide bonds. The second kappa shape index (κ2) is 7.41. The molecule has 0 unspecified atom stereocenters. The third-order valence-electron chi connectivity index (χ3n) is 4.78. The number of aryl methyl sites for hydroxylation is 1. The van der Waals surface area contributed by atoms with Crippen LogP contribution in [0.15, 0.2) is 40.8 Å². The number of carbonyl (C=O) groups is 1. The second-order valence-electron chi connectivity index (χ2n) is 6.52. The Kier molecular flexibility index (Phi) is 4.84. The van der Waals surface area contributed by atoms with Gasteiger partial charge in [-0.2, -0.15) is 0 Å². The first-order chi connectivity index (χ1) is 12.7. The topological polar surface area (TPSA) is 65.2 Å². The van der Waals surface area contributed by atoms with Gasteiger partial charge in [0.25, 0.3) is 5.89 Å². The van der Waals surface area contributed by atoms with Gasteiger partial charge in [-0.3, -0.25) is 0 Å². The summed E-state index contributed by atoms with van der Waals surface area (Å²) in [4.78, 5) is 14.3.